The SMILES string of the molecule is CCC(NC(=O)C(C)=C1CNC1)c1ccc(OC)cc1. The molecule has 1 aromatic carbocycles. The van der Waals surface area contributed by atoms with E-state index in [2.05, 4.69) is 17.6 Å². The maximum Gasteiger partial charge on any atom is 0.247 e. The van der Waals surface area contributed by atoms with Crippen LogP contribution >= 0.6 is 0 Å². The highest BCUT2D eigenvalue weighted by Crippen LogP contribution is 2.21. The fraction of sp³-hybridized carbons (Fsp3) is 0.438. The van der Waals surface area contributed by atoms with Crippen molar-refractivity contribution in [3.05, 3.63) is 41.0 Å². The van der Waals surface area contributed by atoms with Crippen LogP contribution in [0.15, 0.2) is 35.4 Å². The van der Waals surface area contributed by atoms with E-state index in [-0.39, 0.29) is 11.9 Å². The van der Waals surface area contributed by atoms with Crippen LogP contribution in [0.25, 0.3) is 0 Å². The van der Waals surface area contributed by atoms with Crippen LogP contribution in [0.3, 0.4) is 0 Å². The van der Waals surface area contributed by atoms with Crippen molar-refractivity contribution in [1.29, 1.82) is 0 Å². The van der Waals surface area contributed by atoms with Crippen molar-refractivity contribution in [3.8, 4) is 5.75 Å². The molecule has 1 amide bonds. The number of benzene rings is 1. The number of carbonyl (C=O) groups is 1. The van der Waals surface area contributed by atoms with E-state index in [1.807, 2.05) is 31.2 Å². The highest BCUT2D eigenvalue weighted by atomic mass is 16.5. The first kappa shape index (κ1) is 14.6. The maximum absolute atomic E-state index is 12.2. The van der Waals surface area contributed by atoms with Gasteiger partial charge in [-0.05, 0) is 36.6 Å². The average molecular weight is 274 g/mol. The van der Waals surface area contributed by atoms with Gasteiger partial charge in [-0.2, -0.15) is 0 Å². The van der Waals surface area contributed by atoms with Crippen molar-refractivity contribution in [2.75, 3.05) is 20.2 Å². The standard InChI is InChI=1S/C16H22N2O2/c1-4-15(12-5-7-14(20-3)8-6-12)18-16(19)11(2)13-9-17-10-13/h5-8,15,17H,4,9-10H2,1-3H3,(H,18,19). The van der Waals surface area contributed by atoms with Crippen molar-refractivity contribution < 1.29 is 9.53 Å². The molecule has 1 unspecified atom stereocenters. The molecule has 0 aromatic heterocycles. The van der Waals surface area contributed by atoms with Crippen LogP contribution in [0.2, 0.25) is 0 Å². The molecule has 2 rings (SSSR count). The van der Waals surface area contributed by atoms with E-state index in [0.717, 1.165) is 36.4 Å². The second-order valence-corrected chi connectivity index (χ2v) is 5.04. The molecule has 20 heavy (non-hydrogen) atoms. The lowest BCUT2D eigenvalue weighted by atomic mass is 10.0. The minimum atomic E-state index is 0.0316. The molecule has 108 valence electrons. The Morgan fingerprint density at radius 2 is 2.00 bits per heavy atom. The highest BCUT2D eigenvalue weighted by Gasteiger charge is 2.19. The normalized spacial score (nSPS) is 15.2. The fourth-order valence-corrected chi connectivity index (χ4v) is 2.20. The third-order valence-corrected chi connectivity index (χ3v) is 3.78. The van der Waals surface area contributed by atoms with Crippen LogP contribution in [-0.2, 0) is 4.79 Å². The molecule has 0 saturated carbocycles. The zero-order chi connectivity index (χ0) is 14.5. The molecule has 0 bridgehead atoms. The van der Waals surface area contributed by atoms with Crippen molar-refractivity contribution in [3.63, 3.8) is 0 Å². The quantitative estimate of drug-likeness (QED) is 0.809. The zero-order valence-electron chi connectivity index (χ0n) is 12.3. The summed E-state index contributed by atoms with van der Waals surface area (Å²) in [4.78, 5) is 12.2. The van der Waals surface area contributed by atoms with Crippen LogP contribution < -0.4 is 15.4 Å². The van der Waals surface area contributed by atoms with Crippen molar-refractivity contribution in [1.82, 2.24) is 10.6 Å². The summed E-state index contributed by atoms with van der Waals surface area (Å²) >= 11 is 0. The van der Waals surface area contributed by atoms with Crippen LogP contribution in [0.4, 0.5) is 0 Å². The number of hydrogen-bond acceptors (Lipinski definition) is 3. The summed E-state index contributed by atoms with van der Waals surface area (Å²) in [5.74, 6) is 0.859. The lowest BCUT2D eigenvalue weighted by Gasteiger charge is -2.23. The van der Waals surface area contributed by atoms with Gasteiger partial charge in [-0.15, -0.1) is 0 Å². The molecule has 1 saturated heterocycles. The van der Waals surface area contributed by atoms with Crippen LogP contribution in [0.1, 0.15) is 31.9 Å². The molecule has 1 fully saturated rings. The van der Waals surface area contributed by atoms with Gasteiger partial charge in [0, 0.05) is 18.7 Å². The Balaban J connectivity index is 2.06. The first-order valence-corrected chi connectivity index (χ1v) is 6.99. The van der Waals surface area contributed by atoms with E-state index >= 15 is 0 Å². The van der Waals surface area contributed by atoms with E-state index in [0.29, 0.717) is 0 Å². The van der Waals surface area contributed by atoms with Crippen molar-refractivity contribution >= 4 is 5.91 Å². The molecule has 0 radical (unpaired) electrons. The molecule has 1 aromatic rings. The maximum atomic E-state index is 12.2. The molecule has 2 N–H and O–H groups in total. The topological polar surface area (TPSA) is 50.4 Å². The second-order valence-electron chi connectivity index (χ2n) is 5.04. The van der Waals surface area contributed by atoms with Gasteiger partial charge < -0.3 is 15.4 Å². The molecule has 0 spiro atoms. The number of hydrogen-bond donors (Lipinski definition) is 2. The van der Waals surface area contributed by atoms with E-state index in [9.17, 15) is 4.79 Å². The van der Waals surface area contributed by atoms with Gasteiger partial charge in [0.2, 0.25) is 5.91 Å². The lowest BCUT2D eigenvalue weighted by Crippen LogP contribution is -2.38. The molecular formula is C16H22N2O2. The lowest BCUT2D eigenvalue weighted by molar-refractivity contribution is -0.118. The summed E-state index contributed by atoms with van der Waals surface area (Å²) in [6.07, 6.45) is 0.860. The first-order chi connectivity index (χ1) is 9.65. The molecule has 4 nitrogen and oxygen atoms in total. The Hall–Kier alpha value is -1.81. The molecule has 4 heteroatoms. The van der Waals surface area contributed by atoms with E-state index in [1.54, 1.807) is 7.11 Å². The van der Waals surface area contributed by atoms with Gasteiger partial charge in [-0.1, -0.05) is 19.1 Å². The number of rotatable bonds is 5. The largest absolute Gasteiger partial charge is 0.497 e. The van der Waals surface area contributed by atoms with Gasteiger partial charge in [-0.25, -0.2) is 0 Å². The Morgan fingerprint density at radius 1 is 1.35 bits per heavy atom. The van der Waals surface area contributed by atoms with E-state index in [4.69, 9.17) is 4.74 Å². The van der Waals surface area contributed by atoms with Gasteiger partial charge in [0.1, 0.15) is 5.75 Å². The van der Waals surface area contributed by atoms with Gasteiger partial charge in [-0.3, -0.25) is 4.79 Å². The number of methoxy groups -OCH3 is 1. The van der Waals surface area contributed by atoms with Gasteiger partial charge >= 0.3 is 0 Å². The molecule has 1 heterocycles. The van der Waals surface area contributed by atoms with Gasteiger partial charge in [0.05, 0.1) is 13.2 Å². The summed E-state index contributed by atoms with van der Waals surface area (Å²) in [6.45, 7) is 5.63. The highest BCUT2D eigenvalue weighted by molar-refractivity contribution is 5.94. The third-order valence-electron chi connectivity index (χ3n) is 3.78. The molecule has 1 atom stereocenters. The third kappa shape index (κ3) is 3.20. The number of ether oxygens (including phenoxy) is 1. The number of nitrogens with one attached hydrogen (secondary N) is 2. The first-order valence-electron chi connectivity index (χ1n) is 6.99. The van der Waals surface area contributed by atoms with Crippen LogP contribution in [0.5, 0.6) is 5.75 Å². The Labute approximate surface area is 120 Å². The molecule has 1 aliphatic rings. The predicted octanol–water partition coefficient (Wildman–Crippen LogP) is 2.18. The molecule has 1 aliphatic heterocycles. The van der Waals surface area contributed by atoms with Crippen molar-refractivity contribution in [2.24, 2.45) is 0 Å². The fourth-order valence-electron chi connectivity index (χ4n) is 2.20. The second kappa shape index (κ2) is 6.57. The minimum Gasteiger partial charge on any atom is -0.497 e. The summed E-state index contributed by atoms with van der Waals surface area (Å²) in [6, 6.07) is 7.88. The van der Waals surface area contributed by atoms with Crippen LogP contribution in [-0.4, -0.2) is 26.1 Å². The summed E-state index contributed by atoms with van der Waals surface area (Å²) in [5.41, 5.74) is 3.15. The van der Waals surface area contributed by atoms with Crippen LogP contribution in [0, 0.1) is 0 Å². The van der Waals surface area contributed by atoms with Crippen molar-refractivity contribution in [2.45, 2.75) is 26.3 Å². The van der Waals surface area contributed by atoms with Gasteiger partial charge in [0.15, 0.2) is 0 Å². The molecule has 0 aliphatic carbocycles. The zero-order valence-corrected chi connectivity index (χ0v) is 12.3. The van der Waals surface area contributed by atoms with Gasteiger partial charge in [0.25, 0.3) is 0 Å². The summed E-state index contributed by atoms with van der Waals surface area (Å²) in [5, 5.41) is 6.26. The van der Waals surface area contributed by atoms with E-state index in [1.165, 1.54) is 5.57 Å². The number of carbonyl (C=O) groups excluding carboxylic acids is 1. The predicted molar refractivity (Wildman–Crippen MR) is 79.7 cm³/mol. The Bertz CT molecular complexity index is 500. The molecular weight excluding hydrogens is 252 g/mol. The monoisotopic (exact) mass is 274 g/mol. The Kier molecular flexibility index (Phi) is 4.79. The summed E-state index contributed by atoms with van der Waals surface area (Å²) in [7, 11) is 1.65. The van der Waals surface area contributed by atoms with E-state index < -0.39 is 0 Å². The average Bonchev–Trinajstić information content (AvgIpc) is 2.42. The number of amides is 1. The summed E-state index contributed by atoms with van der Waals surface area (Å²) < 4.78 is 5.15. The minimum absolute atomic E-state index is 0.0316. The Morgan fingerprint density at radius 3 is 2.45 bits per heavy atom. The smallest absolute Gasteiger partial charge is 0.247 e.